The Morgan fingerprint density at radius 2 is 1.54 bits per heavy atom. The molecule has 1 heterocycles. The van der Waals surface area contributed by atoms with E-state index in [-0.39, 0.29) is 5.91 Å². The molecule has 1 aliphatic rings. The molecule has 1 atom stereocenters. The SMILES string of the molecule is O=C(N[N+]1(CC(O)c2ccccc2)CCCCC1)c1ccccc1. The van der Waals surface area contributed by atoms with Crippen LogP contribution in [0.5, 0.6) is 0 Å². The van der Waals surface area contributed by atoms with Gasteiger partial charge in [0, 0.05) is 5.56 Å². The van der Waals surface area contributed by atoms with Crippen LogP contribution in [0.25, 0.3) is 0 Å². The van der Waals surface area contributed by atoms with Crippen LogP contribution in [0.1, 0.15) is 41.3 Å². The fourth-order valence-corrected chi connectivity index (χ4v) is 3.44. The lowest BCUT2D eigenvalue weighted by atomic mass is 10.1. The molecule has 1 saturated heterocycles. The van der Waals surface area contributed by atoms with Crippen LogP contribution < -0.4 is 5.43 Å². The van der Waals surface area contributed by atoms with Crippen LogP contribution >= 0.6 is 0 Å². The lowest BCUT2D eigenvalue weighted by Crippen LogP contribution is -2.63. The summed E-state index contributed by atoms with van der Waals surface area (Å²) in [5.74, 6) is -0.0715. The van der Waals surface area contributed by atoms with E-state index in [0.717, 1.165) is 31.5 Å². The van der Waals surface area contributed by atoms with Crippen molar-refractivity contribution in [3.8, 4) is 0 Å². The number of hydrogen-bond acceptors (Lipinski definition) is 2. The molecule has 2 N–H and O–H groups in total. The van der Waals surface area contributed by atoms with Crippen molar-refractivity contribution in [3.63, 3.8) is 0 Å². The number of nitrogens with zero attached hydrogens (tertiary/aromatic N) is 1. The molecule has 0 bridgehead atoms. The highest BCUT2D eigenvalue weighted by molar-refractivity contribution is 5.93. The van der Waals surface area contributed by atoms with E-state index >= 15 is 0 Å². The summed E-state index contributed by atoms with van der Waals surface area (Å²) in [5, 5.41) is 10.7. The molecule has 1 aliphatic heterocycles. The van der Waals surface area contributed by atoms with E-state index in [2.05, 4.69) is 5.43 Å². The monoisotopic (exact) mass is 325 g/mol. The molecule has 0 spiro atoms. The molecule has 2 aromatic rings. The first-order chi connectivity index (χ1) is 11.7. The molecule has 4 heteroatoms. The van der Waals surface area contributed by atoms with E-state index in [1.54, 1.807) is 0 Å². The van der Waals surface area contributed by atoms with E-state index in [9.17, 15) is 9.90 Å². The number of carbonyl (C=O) groups is 1. The van der Waals surface area contributed by atoms with Crippen LogP contribution in [0.15, 0.2) is 60.7 Å². The van der Waals surface area contributed by atoms with Crippen LogP contribution in [0.2, 0.25) is 0 Å². The number of likely N-dealkylation sites (tertiary alicyclic amines) is 1. The number of carbonyl (C=O) groups excluding carboxylic acids is 1. The van der Waals surface area contributed by atoms with Crippen molar-refractivity contribution >= 4 is 5.91 Å². The molecule has 3 rings (SSSR count). The predicted molar refractivity (Wildman–Crippen MR) is 94.0 cm³/mol. The molecule has 24 heavy (non-hydrogen) atoms. The Bertz CT molecular complexity index is 652. The fraction of sp³-hybridized carbons (Fsp3) is 0.350. The number of hydrogen-bond donors (Lipinski definition) is 2. The number of benzene rings is 2. The zero-order valence-corrected chi connectivity index (χ0v) is 13.9. The molecule has 1 unspecified atom stereocenters. The lowest BCUT2D eigenvalue weighted by Gasteiger charge is -2.41. The molecule has 2 aromatic carbocycles. The summed E-state index contributed by atoms with van der Waals surface area (Å²) in [6, 6.07) is 19.0. The van der Waals surface area contributed by atoms with Gasteiger partial charge in [-0.05, 0) is 37.0 Å². The predicted octanol–water partition coefficient (Wildman–Crippen LogP) is 3.07. The van der Waals surface area contributed by atoms with Gasteiger partial charge < -0.3 is 5.11 Å². The summed E-state index contributed by atoms with van der Waals surface area (Å²) in [6.07, 6.45) is 2.73. The van der Waals surface area contributed by atoms with Crippen molar-refractivity contribution in [2.24, 2.45) is 0 Å². The molecule has 0 aromatic heterocycles. The average Bonchev–Trinajstić information content (AvgIpc) is 2.64. The van der Waals surface area contributed by atoms with Crippen molar-refractivity contribution in [2.75, 3.05) is 19.6 Å². The molecule has 1 amide bonds. The molecular weight excluding hydrogens is 300 g/mol. The maximum atomic E-state index is 12.6. The van der Waals surface area contributed by atoms with Crippen LogP contribution in [0.3, 0.4) is 0 Å². The molecule has 0 aliphatic carbocycles. The Morgan fingerprint density at radius 1 is 0.958 bits per heavy atom. The van der Waals surface area contributed by atoms with Crippen LogP contribution in [-0.2, 0) is 0 Å². The highest BCUT2D eigenvalue weighted by Crippen LogP contribution is 2.23. The van der Waals surface area contributed by atoms with Crippen molar-refractivity contribution < 1.29 is 14.5 Å². The minimum absolute atomic E-state index is 0.0715. The summed E-state index contributed by atoms with van der Waals surface area (Å²) in [7, 11) is 0. The topological polar surface area (TPSA) is 49.3 Å². The highest BCUT2D eigenvalue weighted by atomic mass is 16.3. The highest BCUT2D eigenvalue weighted by Gasteiger charge is 2.35. The zero-order valence-electron chi connectivity index (χ0n) is 13.9. The van der Waals surface area contributed by atoms with Gasteiger partial charge in [-0.2, -0.15) is 5.43 Å². The summed E-state index contributed by atoms with van der Waals surface area (Å²) in [5.41, 5.74) is 4.75. The number of nitrogens with one attached hydrogen (secondary N) is 1. The third-order valence-corrected chi connectivity index (χ3v) is 4.75. The van der Waals surface area contributed by atoms with Crippen molar-refractivity contribution in [2.45, 2.75) is 25.4 Å². The largest absolute Gasteiger partial charge is 0.382 e. The van der Waals surface area contributed by atoms with Crippen molar-refractivity contribution in [1.82, 2.24) is 5.43 Å². The molecule has 0 saturated carbocycles. The number of amides is 1. The first-order valence-electron chi connectivity index (χ1n) is 8.65. The van der Waals surface area contributed by atoms with Crippen LogP contribution in [0, 0.1) is 0 Å². The normalized spacial score (nSPS) is 17.9. The van der Waals surface area contributed by atoms with E-state index in [1.807, 2.05) is 60.7 Å². The summed E-state index contributed by atoms with van der Waals surface area (Å²) in [6.45, 7) is 2.23. The molecule has 0 radical (unpaired) electrons. The van der Waals surface area contributed by atoms with Gasteiger partial charge in [0.15, 0.2) is 0 Å². The van der Waals surface area contributed by atoms with Crippen LogP contribution in [-0.4, -0.2) is 35.2 Å². The van der Waals surface area contributed by atoms with Gasteiger partial charge in [-0.15, -0.1) is 0 Å². The Kier molecular flexibility index (Phi) is 5.28. The van der Waals surface area contributed by atoms with Crippen molar-refractivity contribution in [1.29, 1.82) is 0 Å². The first-order valence-corrected chi connectivity index (χ1v) is 8.65. The van der Waals surface area contributed by atoms with E-state index in [4.69, 9.17) is 0 Å². The maximum absolute atomic E-state index is 12.6. The van der Waals surface area contributed by atoms with E-state index in [0.29, 0.717) is 16.7 Å². The Hall–Kier alpha value is -2.17. The zero-order chi connectivity index (χ0) is 16.8. The van der Waals surface area contributed by atoms with E-state index < -0.39 is 6.10 Å². The standard InChI is InChI=1S/C20H24N2O2/c23-19(17-10-4-1-5-11-17)16-22(14-8-3-9-15-22)21-20(24)18-12-6-2-7-13-18/h1-2,4-7,10-13,19,23H,3,8-9,14-16H2/p+1. The summed E-state index contributed by atoms with van der Waals surface area (Å²) < 4.78 is 0.448. The summed E-state index contributed by atoms with van der Waals surface area (Å²) in [4.78, 5) is 12.6. The quantitative estimate of drug-likeness (QED) is 0.830. The van der Waals surface area contributed by atoms with Gasteiger partial charge in [0.25, 0.3) is 5.91 Å². The third-order valence-electron chi connectivity index (χ3n) is 4.75. The van der Waals surface area contributed by atoms with Gasteiger partial charge in [-0.25, -0.2) is 4.59 Å². The Morgan fingerprint density at radius 3 is 2.17 bits per heavy atom. The third kappa shape index (κ3) is 4.02. The second-order valence-corrected chi connectivity index (χ2v) is 6.57. The average molecular weight is 325 g/mol. The minimum Gasteiger partial charge on any atom is -0.382 e. The van der Waals surface area contributed by atoms with Crippen molar-refractivity contribution in [3.05, 3.63) is 71.8 Å². The first kappa shape index (κ1) is 16.7. The maximum Gasteiger partial charge on any atom is 0.295 e. The fourth-order valence-electron chi connectivity index (χ4n) is 3.44. The van der Waals surface area contributed by atoms with E-state index in [1.165, 1.54) is 6.42 Å². The molecule has 4 nitrogen and oxygen atoms in total. The van der Waals surface area contributed by atoms with Gasteiger partial charge in [-0.1, -0.05) is 48.5 Å². The van der Waals surface area contributed by atoms with Crippen LogP contribution in [0.4, 0.5) is 0 Å². The summed E-state index contributed by atoms with van der Waals surface area (Å²) >= 11 is 0. The number of quaternary nitrogens is 1. The second kappa shape index (κ2) is 7.60. The molecular formula is C20H25N2O2+. The number of rotatable bonds is 5. The number of aliphatic hydroxyl groups excluding tert-OH is 1. The van der Waals surface area contributed by atoms with Gasteiger partial charge in [0.1, 0.15) is 25.7 Å². The minimum atomic E-state index is -0.583. The molecule has 1 fully saturated rings. The lowest BCUT2D eigenvalue weighted by molar-refractivity contribution is -0.967. The Labute approximate surface area is 143 Å². The second-order valence-electron chi connectivity index (χ2n) is 6.57. The van der Waals surface area contributed by atoms with Gasteiger partial charge >= 0.3 is 0 Å². The van der Waals surface area contributed by atoms with Gasteiger partial charge in [0.05, 0.1) is 0 Å². The van der Waals surface area contributed by atoms with Gasteiger partial charge in [-0.3, -0.25) is 4.79 Å². The smallest absolute Gasteiger partial charge is 0.295 e. The number of piperidine rings is 1. The number of aliphatic hydroxyl groups is 1. The van der Waals surface area contributed by atoms with Gasteiger partial charge in [0.2, 0.25) is 0 Å². The molecule has 126 valence electrons. The Balaban J connectivity index is 1.76.